The monoisotopic (exact) mass is 333 g/mol. The van der Waals surface area contributed by atoms with Crippen molar-refractivity contribution in [1.29, 1.82) is 0 Å². The van der Waals surface area contributed by atoms with Gasteiger partial charge in [0.15, 0.2) is 0 Å². The molecular weight excluding hydrogens is 321 g/mol. The normalized spacial score (nSPS) is 11.8. The summed E-state index contributed by atoms with van der Waals surface area (Å²) in [7, 11) is -1.97. The molecule has 0 amide bonds. The first-order chi connectivity index (χ1) is 9.35. The molecule has 1 aromatic carbocycles. The lowest BCUT2D eigenvalue weighted by Crippen LogP contribution is -2.12. The Kier molecular flexibility index (Phi) is 4.36. The standard InChI is InChI=1S/C12H13Cl2N3O2S/c1-3-11-15-16-12(17(11)2)20(18,19)7-8-4-5-9(13)6-10(8)14/h4-6H,3,7H2,1-2H3. The lowest BCUT2D eigenvalue weighted by Gasteiger charge is -2.06. The summed E-state index contributed by atoms with van der Waals surface area (Å²) < 4.78 is 26.2. The highest BCUT2D eigenvalue weighted by molar-refractivity contribution is 7.90. The number of hydrogen-bond acceptors (Lipinski definition) is 4. The van der Waals surface area contributed by atoms with Gasteiger partial charge in [0.05, 0.1) is 5.75 Å². The Morgan fingerprint density at radius 2 is 1.95 bits per heavy atom. The third-order valence-corrected chi connectivity index (χ3v) is 5.07. The Hall–Kier alpha value is -1.11. The van der Waals surface area contributed by atoms with Crippen LogP contribution < -0.4 is 0 Å². The van der Waals surface area contributed by atoms with Crippen molar-refractivity contribution in [3.8, 4) is 0 Å². The van der Waals surface area contributed by atoms with Crippen molar-refractivity contribution in [3.05, 3.63) is 39.6 Å². The van der Waals surface area contributed by atoms with Crippen LogP contribution in [0.4, 0.5) is 0 Å². The van der Waals surface area contributed by atoms with Gasteiger partial charge >= 0.3 is 0 Å². The van der Waals surface area contributed by atoms with Crippen LogP contribution in [0.5, 0.6) is 0 Å². The summed E-state index contributed by atoms with van der Waals surface area (Å²) in [6.07, 6.45) is 0.612. The fourth-order valence-corrected chi connectivity index (χ4v) is 3.86. The molecule has 2 aromatic rings. The van der Waals surface area contributed by atoms with Gasteiger partial charge in [-0.2, -0.15) is 0 Å². The molecule has 0 unspecified atom stereocenters. The Balaban J connectivity index is 2.38. The average Bonchev–Trinajstić information content (AvgIpc) is 2.74. The largest absolute Gasteiger partial charge is 0.305 e. The molecule has 0 saturated heterocycles. The minimum absolute atomic E-state index is 0.0552. The Bertz CT molecular complexity index is 741. The molecule has 0 bridgehead atoms. The van der Waals surface area contributed by atoms with E-state index in [0.717, 1.165) is 0 Å². The summed E-state index contributed by atoms with van der Waals surface area (Å²) in [6, 6.07) is 4.72. The maximum atomic E-state index is 12.4. The van der Waals surface area contributed by atoms with Crippen LogP contribution in [0.1, 0.15) is 18.3 Å². The molecule has 0 aliphatic carbocycles. The number of halogens is 2. The molecule has 0 atom stereocenters. The van der Waals surface area contributed by atoms with E-state index in [0.29, 0.717) is 27.9 Å². The van der Waals surface area contributed by atoms with Crippen molar-refractivity contribution in [2.75, 3.05) is 0 Å². The molecule has 20 heavy (non-hydrogen) atoms. The number of rotatable bonds is 4. The van der Waals surface area contributed by atoms with Crippen molar-refractivity contribution in [1.82, 2.24) is 14.8 Å². The van der Waals surface area contributed by atoms with E-state index < -0.39 is 9.84 Å². The van der Waals surface area contributed by atoms with Gasteiger partial charge in [-0.3, -0.25) is 0 Å². The first kappa shape index (κ1) is 15.3. The van der Waals surface area contributed by atoms with E-state index in [4.69, 9.17) is 23.2 Å². The summed E-state index contributed by atoms with van der Waals surface area (Å²) in [5, 5.41) is 8.34. The molecule has 0 N–H and O–H groups in total. The fourth-order valence-electron chi connectivity index (χ4n) is 1.83. The van der Waals surface area contributed by atoms with Crippen LogP contribution in [0, 0.1) is 0 Å². The Morgan fingerprint density at radius 3 is 2.50 bits per heavy atom. The zero-order valence-corrected chi connectivity index (χ0v) is 13.3. The molecule has 0 aliphatic heterocycles. The number of nitrogens with zero attached hydrogens (tertiary/aromatic N) is 3. The third kappa shape index (κ3) is 2.97. The Morgan fingerprint density at radius 1 is 1.25 bits per heavy atom. The van der Waals surface area contributed by atoms with Gasteiger partial charge in [0.2, 0.25) is 15.0 Å². The number of aromatic nitrogens is 3. The number of hydrogen-bond donors (Lipinski definition) is 0. The predicted molar refractivity (Wildman–Crippen MR) is 77.7 cm³/mol. The van der Waals surface area contributed by atoms with Gasteiger partial charge in [-0.1, -0.05) is 36.2 Å². The molecule has 0 fully saturated rings. The van der Waals surface area contributed by atoms with Gasteiger partial charge in [-0.05, 0) is 17.7 Å². The molecule has 1 heterocycles. The zero-order valence-electron chi connectivity index (χ0n) is 11.0. The van der Waals surface area contributed by atoms with Crippen molar-refractivity contribution in [2.45, 2.75) is 24.3 Å². The average molecular weight is 334 g/mol. The van der Waals surface area contributed by atoms with Gasteiger partial charge in [0.1, 0.15) is 5.82 Å². The molecule has 2 rings (SSSR count). The molecule has 0 spiro atoms. The molecule has 8 heteroatoms. The van der Waals surface area contributed by atoms with Gasteiger partial charge in [0, 0.05) is 23.5 Å². The van der Waals surface area contributed by atoms with Crippen LogP contribution in [0.3, 0.4) is 0 Å². The highest BCUT2D eigenvalue weighted by Gasteiger charge is 2.24. The molecule has 5 nitrogen and oxygen atoms in total. The van der Waals surface area contributed by atoms with Gasteiger partial charge in [0.25, 0.3) is 0 Å². The second-order valence-corrected chi connectivity index (χ2v) is 7.03. The van der Waals surface area contributed by atoms with Crippen molar-refractivity contribution in [3.63, 3.8) is 0 Å². The molecule has 0 aliphatic rings. The van der Waals surface area contributed by atoms with Crippen LogP contribution in [0.15, 0.2) is 23.4 Å². The smallest absolute Gasteiger partial charge is 0.249 e. The summed E-state index contributed by atoms with van der Waals surface area (Å²) in [6.45, 7) is 1.89. The summed E-state index contributed by atoms with van der Waals surface area (Å²) in [4.78, 5) is 0. The zero-order chi connectivity index (χ0) is 14.9. The highest BCUT2D eigenvalue weighted by atomic mass is 35.5. The second-order valence-electron chi connectivity index (χ2n) is 4.31. The van der Waals surface area contributed by atoms with Crippen molar-refractivity contribution in [2.24, 2.45) is 7.05 Å². The second kappa shape index (κ2) is 5.71. The summed E-state index contributed by atoms with van der Waals surface area (Å²) >= 11 is 11.8. The topological polar surface area (TPSA) is 64.8 Å². The molecule has 0 radical (unpaired) electrons. The maximum Gasteiger partial charge on any atom is 0.249 e. The van der Waals surface area contributed by atoms with Crippen LogP contribution >= 0.6 is 23.2 Å². The van der Waals surface area contributed by atoms with Crippen molar-refractivity contribution < 1.29 is 8.42 Å². The molecule has 108 valence electrons. The van der Waals surface area contributed by atoms with Crippen LogP contribution in [-0.4, -0.2) is 23.2 Å². The fraction of sp³-hybridized carbons (Fsp3) is 0.333. The summed E-state index contributed by atoms with van der Waals surface area (Å²) in [5.41, 5.74) is 0.483. The first-order valence-corrected chi connectivity index (χ1v) is 8.31. The van der Waals surface area contributed by atoms with E-state index in [1.807, 2.05) is 6.92 Å². The van der Waals surface area contributed by atoms with Gasteiger partial charge < -0.3 is 4.57 Å². The number of aryl methyl sites for hydroxylation is 1. The van der Waals surface area contributed by atoms with E-state index >= 15 is 0 Å². The van der Waals surface area contributed by atoms with E-state index in [9.17, 15) is 8.42 Å². The maximum absolute atomic E-state index is 12.4. The van der Waals surface area contributed by atoms with E-state index in [2.05, 4.69) is 10.2 Å². The van der Waals surface area contributed by atoms with Crippen LogP contribution in [0.2, 0.25) is 10.0 Å². The van der Waals surface area contributed by atoms with Gasteiger partial charge in [-0.15, -0.1) is 10.2 Å². The third-order valence-electron chi connectivity index (χ3n) is 2.88. The number of benzene rings is 1. The predicted octanol–water partition coefficient (Wildman–Crippen LogP) is 2.66. The molecular formula is C12H13Cl2N3O2S. The van der Waals surface area contributed by atoms with Gasteiger partial charge in [-0.25, -0.2) is 8.42 Å². The SMILES string of the molecule is CCc1nnc(S(=O)(=O)Cc2ccc(Cl)cc2Cl)n1C. The van der Waals surface area contributed by atoms with E-state index in [1.54, 1.807) is 19.2 Å². The quantitative estimate of drug-likeness (QED) is 0.862. The van der Waals surface area contributed by atoms with Crippen LogP contribution in [0.25, 0.3) is 0 Å². The van der Waals surface area contributed by atoms with Crippen molar-refractivity contribution >= 4 is 33.0 Å². The van der Waals surface area contributed by atoms with E-state index in [1.165, 1.54) is 10.6 Å². The molecule has 1 aromatic heterocycles. The lowest BCUT2D eigenvalue weighted by molar-refractivity contribution is 0.575. The Labute approximate surface area is 127 Å². The van der Waals surface area contributed by atoms with E-state index in [-0.39, 0.29) is 10.9 Å². The molecule has 0 saturated carbocycles. The first-order valence-electron chi connectivity index (χ1n) is 5.90. The van der Waals surface area contributed by atoms with Crippen LogP contribution in [-0.2, 0) is 29.1 Å². The lowest BCUT2D eigenvalue weighted by atomic mass is 10.2. The minimum atomic E-state index is -3.61. The summed E-state index contributed by atoms with van der Waals surface area (Å²) in [5.74, 6) is 0.379. The minimum Gasteiger partial charge on any atom is -0.305 e. The number of sulfone groups is 1. The highest BCUT2D eigenvalue weighted by Crippen LogP contribution is 2.24.